The first kappa shape index (κ1) is 19.5. The fourth-order valence-electron chi connectivity index (χ4n) is 5.24. The lowest BCUT2D eigenvalue weighted by Crippen LogP contribution is -2.52. The van der Waals surface area contributed by atoms with Gasteiger partial charge in [0.05, 0.1) is 6.54 Å². The number of benzene rings is 1. The maximum Gasteiger partial charge on any atom is 0.219 e. The number of para-hydroxylation sites is 1. The van der Waals surface area contributed by atoms with Crippen molar-refractivity contribution < 1.29 is 9.53 Å². The smallest absolute Gasteiger partial charge is 0.219 e. The van der Waals surface area contributed by atoms with Gasteiger partial charge in [-0.3, -0.25) is 4.79 Å². The summed E-state index contributed by atoms with van der Waals surface area (Å²) in [4.78, 5) is 16.8. The molecule has 1 aromatic rings. The number of allylic oxidation sites excluding steroid dienone is 2. The zero-order chi connectivity index (χ0) is 19.6. The summed E-state index contributed by atoms with van der Waals surface area (Å²) in [5.74, 6) is 1.91. The molecule has 4 nitrogen and oxygen atoms in total. The fraction of sp³-hybridized carbons (Fsp3) is 0.625. The summed E-state index contributed by atoms with van der Waals surface area (Å²) in [7, 11) is 2.30. The number of ether oxygens (including phenoxy) is 1. The van der Waals surface area contributed by atoms with E-state index in [0.29, 0.717) is 19.1 Å². The topological polar surface area (TPSA) is 32.8 Å². The molecule has 0 bridgehead atoms. The minimum absolute atomic E-state index is 0.143. The van der Waals surface area contributed by atoms with Gasteiger partial charge in [0.2, 0.25) is 5.91 Å². The Balaban J connectivity index is 1.43. The molecular formula is C24H34N2O2. The molecule has 0 saturated heterocycles. The molecule has 2 aliphatic carbocycles. The number of carbonyl (C=O) groups excluding carboxylic acids is 1. The molecule has 4 rings (SSSR count). The van der Waals surface area contributed by atoms with Crippen LogP contribution in [-0.2, 0) is 11.3 Å². The molecule has 0 radical (unpaired) electrons. The van der Waals surface area contributed by atoms with Gasteiger partial charge >= 0.3 is 0 Å². The van der Waals surface area contributed by atoms with Crippen LogP contribution < -0.4 is 4.74 Å². The molecule has 1 amide bonds. The monoisotopic (exact) mass is 382 g/mol. The second-order valence-corrected chi connectivity index (χ2v) is 9.09. The highest BCUT2D eigenvalue weighted by Gasteiger charge is 2.42. The van der Waals surface area contributed by atoms with Crippen LogP contribution in [0.4, 0.5) is 0 Å². The standard InChI is InChI=1S/C24H34N2O2/c1-19(27)26-17-21-10-6-7-11-23(21)28-24(18-26)14-12-22(13-15-24)25(2)16-20-8-4-3-5-9-20/h3-4,6-7,10-11,20,22H,5,8-9,12-18H2,1-2H3/t20-,22?,24?/m0/s1. The largest absolute Gasteiger partial charge is 0.485 e. The van der Waals surface area contributed by atoms with Crippen molar-refractivity contribution in [3.8, 4) is 5.75 Å². The Labute approximate surface area is 169 Å². The summed E-state index contributed by atoms with van der Waals surface area (Å²) >= 11 is 0. The molecule has 152 valence electrons. The lowest BCUT2D eigenvalue weighted by molar-refractivity contribution is -0.132. The highest BCUT2D eigenvalue weighted by atomic mass is 16.5. The van der Waals surface area contributed by atoms with Gasteiger partial charge in [-0.1, -0.05) is 30.4 Å². The van der Waals surface area contributed by atoms with Crippen LogP contribution in [0.2, 0.25) is 0 Å². The maximum absolute atomic E-state index is 12.2. The molecule has 0 aromatic heterocycles. The van der Waals surface area contributed by atoms with E-state index in [9.17, 15) is 4.79 Å². The molecule has 3 aliphatic rings. The van der Waals surface area contributed by atoms with E-state index in [1.54, 1.807) is 6.92 Å². The first-order valence-corrected chi connectivity index (χ1v) is 10.9. The minimum atomic E-state index is -0.233. The van der Waals surface area contributed by atoms with E-state index in [0.717, 1.165) is 42.9 Å². The SMILES string of the molecule is CC(=O)N1Cc2ccccc2OC2(CCC(N(C)C[C@H]3CC=CCC3)CC2)C1. The Morgan fingerprint density at radius 2 is 2.00 bits per heavy atom. The molecule has 1 heterocycles. The number of fused-ring (bicyclic) bond motifs is 1. The molecule has 28 heavy (non-hydrogen) atoms. The van der Waals surface area contributed by atoms with Gasteiger partial charge in [-0.15, -0.1) is 0 Å². The second kappa shape index (κ2) is 8.28. The van der Waals surface area contributed by atoms with Crippen molar-refractivity contribution in [1.82, 2.24) is 9.80 Å². The first-order valence-electron chi connectivity index (χ1n) is 10.9. The van der Waals surface area contributed by atoms with Crippen molar-refractivity contribution in [1.29, 1.82) is 0 Å². The van der Waals surface area contributed by atoms with Gasteiger partial charge in [0.25, 0.3) is 0 Å². The van der Waals surface area contributed by atoms with Crippen molar-refractivity contribution in [2.45, 2.75) is 70.1 Å². The van der Waals surface area contributed by atoms with E-state index < -0.39 is 0 Å². The van der Waals surface area contributed by atoms with Gasteiger partial charge in [0, 0.05) is 31.6 Å². The van der Waals surface area contributed by atoms with Gasteiger partial charge < -0.3 is 14.5 Å². The molecule has 4 heteroatoms. The zero-order valence-corrected chi connectivity index (χ0v) is 17.4. The van der Waals surface area contributed by atoms with E-state index in [4.69, 9.17) is 4.74 Å². The van der Waals surface area contributed by atoms with Crippen molar-refractivity contribution >= 4 is 5.91 Å². The van der Waals surface area contributed by atoms with E-state index in [-0.39, 0.29) is 11.5 Å². The predicted molar refractivity (Wildman–Crippen MR) is 112 cm³/mol. The highest BCUT2D eigenvalue weighted by Crippen LogP contribution is 2.39. The fourth-order valence-corrected chi connectivity index (χ4v) is 5.24. The van der Waals surface area contributed by atoms with Gasteiger partial charge in [-0.05, 0) is 64.0 Å². The van der Waals surface area contributed by atoms with Crippen LogP contribution in [0, 0.1) is 5.92 Å². The highest BCUT2D eigenvalue weighted by molar-refractivity contribution is 5.73. The number of amides is 1. The van der Waals surface area contributed by atoms with Crippen molar-refractivity contribution in [3.05, 3.63) is 42.0 Å². The molecule has 1 aliphatic heterocycles. The van der Waals surface area contributed by atoms with Gasteiger partial charge in [-0.2, -0.15) is 0 Å². The van der Waals surface area contributed by atoms with Gasteiger partial charge in [0.1, 0.15) is 11.4 Å². The number of hydrogen-bond acceptors (Lipinski definition) is 3. The third-order valence-electron chi connectivity index (χ3n) is 7.00. The Kier molecular flexibility index (Phi) is 5.77. The lowest BCUT2D eigenvalue weighted by Gasteiger charge is -2.44. The maximum atomic E-state index is 12.2. The summed E-state index contributed by atoms with van der Waals surface area (Å²) < 4.78 is 6.62. The summed E-state index contributed by atoms with van der Waals surface area (Å²) in [5.41, 5.74) is 0.891. The van der Waals surface area contributed by atoms with Crippen molar-refractivity contribution in [2.24, 2.45) is 5.92 Å². The van der Waals surface area contributed by atoms with Crippen LogP contribution in [-0.4, -0.2) is 47.5 Å². The Bertz CT molecular complexity index is 721. The zero-order valence-electron chi connectivity index (χ0n) is 17.4. The van der Waals surface area contributed by atoms with Crippen LogP contribution in [0.15, 0.2) is 36.4 Å². The summed E-state index contributed by atoms with van der Waals surface area (Å²) in [6.45, 7) is 4.25. The van der Waals surface area contributed by atoms with E-state index >= 15 is 0 Å². The number of hydrogen-bond donors (Lipinski definition) is 0. The average Bonchev–Trinajstić information content (AvgIpc) is 2.86. The Hall–Kier alpha value is -1.81. The first-order chi connectivity index (χ1) is 13.5. The molecule has 1 fully saturated rings. The van der Waals surface area contributed by atoms with Crippen LogP contribution in [0.5, 0.6) is 5.75 Å². The van der Waals surface area contributed by atoms with E-state index in [1.165, 1.54) is 25.8 Å². The molecular weight excluding hydrogens is 348 g/mol. The van der Waals surface area contributed by atoms with E-state index in [1.807, 2.05) is 17.0 Å². The normalized spacial score (nSPS) is 30.0. The lowest BCUT2D eigenvalue weighted by atomic mass is 9.80. The summed E-state index contributed by atoms with van der Waals surface area (Å²) in [6, 6.07) is 8.85. The summed E-state index contributed by atoms with van der Waals surface area (Å²) in [5, 5.41) is 0. The Morgan fingerprint density at radius 3 is 2.71 bits per heavy atom. The third kappa shape index (κ3) is 4.27. The number of nitrogens with zero attached hydrogens (tertiary/aromatic N) is 2. The van der Waals surface area contributed by atoms with Crippen LogP contribution >= 0.6 is 0 Å². The van der Waals surface area contributed by atoms with Crippen LogP contribution in [0.1, 0.15) is 57.4 Å². The number of rotatable bonds is 3. The van der Waals surface area contributed by atoms with Gasteiger partial charge in [0.15, 0.2) is 0 Å². The Morgan fingerprint density at radius 1 is 1.21 bits per heavy atom. The molecule has 1 aromatic carbocycles. The summed E-state index contributed by atoms with van der Waals surface area (Å²) in [6.07, 6.45) is 12.8. The molecule has 1 saturated carbocycles. The molecule has 0 unspecified atom stereocenters. The quantitative estimate of drug-likeness (QED) is 0.727. The molecule has 0 N–H and O–H groups in total. The van der Waals surface area contributed by atoms with Crippen LogP contribution in [0.25, 0.3) is 0 Å². The molecule has 1 atom stereocenters. The van der Waals surface area contributed by atoms with Gasteiger partial charge in [-0.25, -0.2) is 0 Å². The van der Waals surface area contributed by atoms with E-state index in [2.05, 4.69) is 36.2 Å². The van der Waals surface area contributed by atoms with Crippen molar-refractivity contribution in [2.75, 3.05) is 20.1 Å². The van der Waals surface area contributed by atoms with Crippen LogP contribution in [0.3, 0.4) is 0 Å². The third-order valence-corrected chi connectivity index (χ3v) is 7.00. The predicted octanol–water partition coefficient (Wildman–Crippen LogP) is 4.40. The average molecular weight is 383 g/mol. The minimum Gasteiger partial charge on any atom is -0.485 e. The molecule has 1 spiro atoms. The number of carbonyl (C=O) groups is 1. The second-order valence-electron chi connectivity index (χ2n) is 9.09. The van der Waals surface area contributed by atoms with Crippen molar-refractivity contribution in [3.63, 3.8) is 0 Å².